The molecule has 2 aliphatic heterocycles. The highest BCUT2D eigenvalue weighted by molar-refractivity contribution is 5.91. The van der Waals surface area contributed by atoms with Gasteiger partial charge in [-0.3, -0.25) is 4.79 Å². The Bertz CT molecular complexity index is 825. The number of ether oxygens (including phenoxy) is 4. The predicted molar refractivity (Wildman–Crippen MR) is 103 cm³/mol. The second-order valence-corrected chi connectivity index (χ2v) is 9.06. The molecule has 0 radical (unpaired) electrons. The van der Waals surface area contributed by atoms with Crippen molar-refractivity contribution in [3.8, 4) is 0 Å². The summed E-state index contributed by atoms with van der Waals surface area (Å²) in [5.41, 5.74) is -0.520. The molecular formula is C22H28O8. The molecule has 2 saturated carbocycles. The summed E-state index contributed by atoms with van der Waals surface area (Å²) in [6.07, 6.45) is 1.27. The van der Waals surface area contributed by atoms with E-state index in [-0.39, 0.29) is 18.1 Å². The summed E-state index contributed by atoms with van der Waals surface area (Å²) in [4.78, 5) is 36.1. The molecule has 0 aromatic rings. The molecule has 0 unspecified atom stereocenters. The molecule has 1 N–H and O–H groups in total. The van der Waals surface area contributed by atoms with Crippen LogP contribution in [0.3, 0.4) is 0 Å². The average molecular weight is 420 g/mol. The van der Waals surface area contributed by atoms with Crippen molar-refractivity contribution in [2.45, 2.75) is 63.9 Å². The number of fused-ring (bicyclic) bond motifs is 4. The van der Waals surface area contributed by atoms with E-state index >= 15 is 0 Å². The third-order valence-electron chi connectivity index (χ3n) is 7.30. The number of aliphatic hydroxyl groups is 1. The van der Waals surface area contributed by atoms with Gasteiger partial charge in [-0.05, 0) is 26.2 Å². The molecular weight excluding hydrogens is 392 g/mol. The van der Waals surface area contributed by atoms with Gasteiger partial charge in [-0.2, -0.15) is 0 Å². The Kier molecular flexibility index (Phi) is 5.05. The van der Waals surface area contributed by atoms with Crippen LogP contribution >= 0.6 is 0 Å². The van der Waals surface area contributed by atoms with Gasteiger partial charge in [0.15, 0.2) is 0 Å². The highest BCUT2D eigenvalue weighted by Crippen LogP contribution is 2.63. The van der Waals surface area contributed by atoms with E-state index in [9.17, 15) is 19.5 Å². The van der Waals surface area contributed by atoms with Crippen LogP contribution in [0, 0.1) is 17.3 Å². The van der Waals surface area contributed by atoms with Crippen molar-refractivity contribution >= 4 is 17.9 Å². The number of aliphatic hydroxyl groups excluding tert-OH is 1. The zero-order valence-electron chi connectivity index (χ0n) is 17.5. The van der Waals surface area contributed by atoms with Gasteiger partial charge in [0.25, 0.3) is 0 Å². The number of rotatable bonds is 4. The zero-order chi connectivity index (χ0) is 21.8. The molecule has 7 atom stereocenters. The molecule has 2 aliphatic carbocycles. The van der Waals surface area contributed by atoms with Crippen molar-refractivity contribution in [2.75, 3.05) is 13.2 Å². The molecule has 4 rings (SSSR count). The maximum atomic E-state index is 12.8. The first-order valence-electron chi connectivity index (χ1n) is 10.3. The standard InChI is InChI=1S/C22H28O8/c1-5-13(9-27-12(3)23)20(26)29-15-6-7-22(10-28-22)18-17-16(11(2)19(25)30-17)14(24)8-21(15,18)4/h5,14-18,24H,2,6-10H2,1,3-4H3/b13-5-/t14-,15-,16+,17-,18+,21-,22-/m0/s1. The normalized spacial score (nSPS) is 42.3. The first-order chi connectivity index (χ1) is 14.1. The lowest BCUT2D eigenvalue weighted by molar-refractivity contribution is -0.203. The second-order valence-electron chi connectivity index (χ2n) is 9.06. The Morgan fingerprint density at radius 3 is 2.70 bits per heavy atom. The molecule has 8 heteroatoms. The van der Waals surface area contributed by atoms with Crippen LogP contribution in [-0.4, -0.2) is 60.1 Å². The predicted octanol–water partition coefficient (Wildman–Crippen LogP) is 1.46. The van der Waals surface area contributed by atoms with E-state index in [2.05, 4.69) is 6.58 Å². The third-order valence-corrected chi connectivity index (χ3v) is 7.30. The lowest BCUT2D eigenvalue weighted by Crippen LogP contribution is -2.63. The maximum Gasteiger partial charge on any atom is 0.337 e. The van der Waals surface area contributed by atoms with E-state index in [0.717, 1.165) is 0 Å². The van der Waals surface area contributed by atoms with Gasteiger partial charge in [0.05, 0.1) is 29.8 Å². The van der Waals surface area contributed by atoms with Crippen LogP contribution in [0.15, 0.2) is 23.8 Å². The van der Waals surface area contributed by atoms with Crippen molar-refractivity contribution in [2.24, 2.45) is 17.3 Å². The van der Waals surface area contributed by atoms with Crippen LogP contribution in [-0.2, 0) is 33.3 Å². The number of epoxide rings is 1. The largest absolute Gasteiger partial charge is 0.461 e. The Hall–Kier alpha value is -2.19. The van der Waals surface area contributed by atoms with Crippen LogP contribution in [0.25, 0.3) is 0 Å². The van der Waals surface area contributed by atoms with Gasteiger partial charge in [0.2, 0.25) is 0 Å². The summed E-state index contributed by atoms with van der Waals surface area (Å²) < 4.78 is 22.4. The molecule has 1 spiro atoms. The fourth-order valence-electron chi connectivity index (χ4n) is 5.76. The van der Waals surface area contributed by atoms with Crippen LogP contribution in [0.5, 0.6) is 0 Å². The van der Waals surface area contributed by atoms with Gasteiger partial charge < -0.3 is 24.1 Å². The number of carbonyl (C=O) groups excluding carboxylic acids is 3. The molecule has 0 aromatic carbocycles. The minimum absolute atomic E-state index is 0.157. The average Bonchev–Trinajstić information content (AvgIpc) is 3.36. The number of allylic oxidation sites excluding steroid dienone is 1. The van der Waals surface area contributed by atoms with Crippen LogP contribution in [0.1, 0.15) is 40.0 Å². The summed E-state index contributed by atoms with van der Waals surface area (Å²) in [7, 11) is 0. The highest BCUT2D eigenvalue weighted by Gasteiger charge is 2.72. The summed E-state index contributed by atoms with van der Waals surface area (Å²) in [6, 6.07) is 0. The Morgan fingerprint density at radius 1 is 1.40 bits per heavy atom. The molecule has 0 bridgehead atoms. The van der Waals surface area contributed by atoms with Gasteiger partial charge in [-0.15, -0.1) is 0 Å². The molecule has 4 fully saturated rings. The van der Waals surface area contributed by atoms with Crippen molar-refractivity contribution in [1.29, 1.82) is 0 Å². The molecule has 4 aliphatic rings. The van der Waals surface area contributed by atoms with Crippen molar-refractivity contribution in [1.82, 2.24) is 0 Å². The van der Waals surface area contributed by atoms with Gasteiger partial charge >= 0.3 is 17.9 Å². The third kappa shape index (κ3) is 3.17. The summed E-state index contributed by atoms with van der Waals surface area (Å²) >= 11 is 0. The molecule has 30 heavy (non-hydrogen) atoms. The number of hydrogen-bond acceptors (Lipinski definition) is 8. The van der Waals surface area contributed by atoms with Crippen molar-refractivity contribution in [3.63, 3.8) is 0 Å². The quantitative estimate of drug-likeness (QED) is 0.315. The summed E-state index contributed by atoms with van der Waals surface area (Å²) in [5.74, 6) is -2.21. The fraction of sp³-hybridized carbons (Fsp3) is 0.682. The Balaban J connectivity index is 1.59. The van der Waals surface area contributed by atoms with Crippen molar-refractivity contribution in [3.05, 3.63) is 23.8 Å². The van der Waals surface area contributed by atoms with E-state index in [1.807, 2.05) is 6.92 Å². The van der Waals surface area contributed by atoms with E-state index in [0.29, 0.717) is 31.4 Å². The number of carbonyl (C=O) groups is 3. The fourth-order valence-corrected chi connectivity index (χ4v) is 5.76. The van der Waals surface area contributed by atoms with E-state index in [1.54, 1.807) is 13.0 Å². The van der Waals surface area contributed by atoms with Crippen LogP contribution in [0.4, 0.5) is 0 Å². The Labute approximate surface area is 175 Å². The summed E-state index contributed by atoms with van der Waals surface area (Å²) in [6.45, 7) is 9.15. The van der Waals surface area contributed by atoms with Gasteiger partial charge in [-0.1, -0.05) is 19.6 Å². The number of esters is 3. The molecule has 0 amide bonds. The van der Waals surface area contributed by atoms with Gasteiger partial charge in [0, 0.05) is 23.8 Å². The second kappa shape index (κ2) is 7.20. The Morgan fingerprint density at radius 2 is 2.10 bits per heavy atom. The van der Waals surface area contributed by atoms with E-state index in [1.165, 1.54) is 6.92 Å². The molecule has 164 valence electrons. The first-order valence-corrected chi connectivity index (χ1v) is 10.3. The first kappa shape index (κ1) is 21.1. The smallest absolute Gasteiger partial charge is 0.337 e. The highest BCUT2D eigenvalue weighted by atomic mass is 16.6. The summed E-state index contributed by atoms with van der Waals surface area (Å²) in [5, 5.41) is 10.9. The van der Waals surface area contributed by atoms with Crippen LogP contribution < -0.4 is 0 Å². The minimum atomic E-state index is -0.826. The number of hydrogen-bond donors (Lipinski definition) is 1. The lowest BCUT2D eigenvalue weighted by Gasteiger charge is -2.56. The van der Waals surface area contributed by atoms with E-state index in [4.69, 9.17) is 18.9 Å². The molecule has 0 aromatic heterocycles. The molecule has 8 nitrogen and oxygen atoms in total. The topological polar surface area (TPSA) is 112 Å². The van der Waals surface area contributed by atoms with Crippen molar-refractivity contribution < 1.29 is 38.4 Å². The maximum absolute atomic E-state index is 12.8. The lowest BCUT2D eigenvalue weighted by atomic mass is 9.51. The van der Waals surface area contributed by atoms with E-state index < -0.39 is 53.2 Å². The minimum Gasteiger partial charge on any atom is -0.461 e. The zero-order valence-corrected chi connectivity index (χ0v) is 17.5. The van der Waals surface area contributed by atoms with Gasteiger partial charge in [-0.25, -0.2) is 9.59 Å². The molecule has 2 saturated heterocycles. The van der Waals surface area contributed by atoms with Gasteiger partial charge in [0.1, 0.15) is 18.8 Å². The molecule has 2 heterocycles. The SMILES string of the molecule is C=C1C(=O)O[C@H]2[C@H]1[C@@H](O)C[C@@]1(C)[C@@H](OC(=O)/C(=C\C)COC(C)=O)CC[C@]3(CO3)[C@H]21. The van der Waals surface area contributed by atoms with Crippen LogP contribution in [0.2, 0.25) is 0 Å². The monoisotopic (exact) mass is 420 g/mol.